The number of benzene rings is 1. The molecule has 0 amide bonds. The SMILES string of the molecule is C[Si](C)(/C=C1\C(=O)C=C2CCC[C@@H]21)c1ccccc1. The van der Waals surface area contributed by atoms with E-state index in [2.05, 4.69) is 49.1 Å². The van der Waals surface area contributed by atoms with Crippen LogP contribution in [0.3, 0.4) is 0 Å². The van der Waals surface area contributed by atoms with E-state index in [0.717, 1.165) is 12.0 Å². The van der Waals surface area contributed by atoms with Crippen LogP contribution in [0.25, 0.3) is 0 Å². The zero-order valence-corrected chi connectivity index (χ0v) is 12.6. The van der Waals surface area contributed by atoms with Gasteiger partial charge in [-0.25, -0.2) is 0 Å². The van der Waals surface area contributed by atoms with E-state index in [4.69, 9.17) is 0 Å². The molecular formula is C17H20OSi. The van der Waals surface area contributed by atoms with Crippen LogP contribution in [0, 0.1) is 5.92 Å². The number of allylic oxidation sites excluding steroid dienone is 3. The molecule has 0 saturated heterocycles. The van der Waals surface area contributed by atoms with Crippen LogP contribution >= 0.6 is 0 Å². The second kappa shape index (κ2) is 4.60. The van der Waals surface area contributed by atoms with E-state index in [0.29, 0.717) is 5.92 Å². The van der Waals surface area contributed by atoms with E-state index >= 15 is 0 Å². The molecule has 1 nitrogen and oxygen atoms in total. The van der Waals surface area contributed by atoms with Crippen LogP contribution in [0.2, 0.25) is 13.1 Å². The molecule has 3 rings (SSSR count). The number of rotatable bonds is 2. The summed E-state index contributed by atoms with van der Waals surface area (Å²) in [6, 6.07) is 10.6. The minimum Gasteiger partial charge on any atom is -0.290 e. The standard InChI is InChI=1S/C17H20OSi/c1-19(2,14-8-4-3-5-9-14)12-16-15-10-6-7-13(15)11-17(16)18/h3-5,8-9,11-12,15H,6-7,10H2,1-2H3/b16-12-/t15-/m0/s1. The van der Waals surface area contributed by atoms with Crippen LogP contribution in [0.4, 0.5) is 0 Å². The van der Waals surface area contributed by atoms with E-state index < -0.39 is 8.07 Å². The van der Waals surface area contributed by atoms with Gasteiger partial charge in [0, 0.05) is 5.92 Å². The topological polar surface area (TPSA) is 17.1 Å². The van der Waals surface area contributed by atoms with Crippen molar-refractivity contribution in [3.8, 4) is 0 Å². The van der Waals surface area contributed by atoms with Gasteiger partial charge in [0.15, 0.2) is 5.78 Å². The average Bonchev–Trinajstić information content (AvgIpc) is 2.94. The van der Waals surface area contributed by atoms with Gasteiger partial charge in [-0.3, -0.25) is 4.79 Å². The Morgan fingerprint density at radius 2 is 1.95 bits per heavy atom. The predicted molar refractivity (Wildman–Crippen MR) is 82.1 cm³/mol. The van der Waals surface area contributed by atoms with E-state index in [1.807, 2.05) is 6.08 Å². The van der Waals surface area contributed by atoms with E-state index in [1.165, 1.54) is 23.6 Å². The van der Waals surface area contributed by atoms with Gasteiger partial charge in [-0.15, -0.1) is 0 Å². The minimum atomic E-state index is -1.66. The lowest BCUT2D eigenvalue weighted by Crippen LogP contribution is -2.40. The highest BCUT2D eigenvalue weighted by molar-refractivity contribution is 6.94. The van der Waals surface area contributed by atoms with Crippen molar-refractivity contribution >= 4 is 19.0 Å². The van der Waals surface area contributed by atoms with Crippen LogP contribution in [-0.4, -0.2) is 13.9 Å². The Morgan fingerprint density at radius 3 is 2.68 bits per heavy atom. The second-order valence-electron chi connectivity index (χ2n) is 6.22. The van der Waals surface area contributed by atoms with Gasteiger partial charge in [0.25, 0.3) is 0 Å². The normalized spacial score (nSPS) is 24.7. The van der Waals surface area contributed by atoms with Gasteiger partial charge in [0.2, 0.25) is 0 Å². The van der Waals surface area contributed by atoms with Crippen molar-refractivity contribution in [3.05, 3.63) is 53.3 Å². The van der Waals surface area contributed by atoms with Gasteiger partial charge in [0.05, 0.1) is 0 Å². The molecule has 0 aromatic heterocycles. The molecule has 1 aromatic rings. The van der Waals surface area contributed by atoms with Crippen LogP contribution in [0.1, 0.15) is 19.3 Å². The third kappa shape index (κ3) is 2.25. The molecule has 1 fully saturated rings. The Bertz CT molecular complexity index is 566. The third-order valence-electron chi connectivity index (χ3n) is 4.42. The molecular weight excluding hydrogens is 248 g/mol. The number of carbonyl (C=O) groups excluding carboxylic acids is 1. The van der Waals surface area contributed by atoms with Crippen molar-refractivity contribution in [1.82, 2.24) is 0 Å². The maximum atomic E-state index is 12.2. The smallest absolute Gasteiger partial charge is 0.181 e. The molecule has 19 heavy (non-hydrogen) atoms. The van der Waals surface area contributed by atoms with Crippen molar-refractivity contribution in [2.24, 2.45) is 5.92 Å². The number of hydrogen-bond acceptors (Lipinski definition) is 1. The summed E-state index contributed by atoms with van der Waals surface area (Å²) in [7, 11) is -1.66. The second-order valence-corrected chi connectivity index (χ2v) is 10.5. The number of carbonyl (C=O) groups is 1. The molecule has 2 heteroatoms. The Morgan fingerprint density at radius 1 is 1.21 bits per heavy atom. The molecule has 0 spiro atoms. The zero-order chi connectivity index (χ0) is 13.5. The highest BCUT2D eigenvalue weighted by Gasteiger charge is 2.35. The summed E-state index contributed by atoms with van der Waals surface area (Å²) in [5.74, 6) is 0.721. The molecule has 1 aromatic carbocycles. The number of hydrogen-bond donors (Lipinski definition) is 0. The van der Waals surface area contributed by atoms with Crippen molar-refractivity contribution in [1.29, 1.82) is 0 Å². The summed E-state index contributed by atoms with van der Waals surface area (Å²) in [4.78, 5) is 12.2. The molecule has 0 radical (unpaired) electrons. The molecule has 0 bridgehead atoms. The molecule has 1 saturated carbocycles. The monoisotopic (exact) mass is 268 g/mol. The number of fused-ring (bicyclic) bond motifs is 1. The molecule has 0 N–H and O–H groups in total. The van der Waals surface area contributed by atoms with Gasteiger partial charge >= 0.3 is 0 Å². The first kappa shape index (κ1) is 12.6. The largest absolute Gasteiger partial charge is 0.290 e. The zero-order valence-electron chi connectivity index (χ0n) is 11.6. The fourth-order valence-electron chi connectivity index (χ4n) is 3.33. The summed E-state index contributed by atoms with van der Waals surface area (Å²) < 4.78 is 0. The van der Waals surface area contributed by atoms with Gasteiger partial charge in [0.1, 0.15) is 8.07 Å². The molecule has 1 atom stereocenters. The summed E-state index contributed by atoms with van der Waals surface area (Å²) in [5.41, 5.74) is 4.81. The highest BCUT2D eigenvalue weighted by atomic mass is 28.3. The van der Waals surface area contributed by atoms with Crippen molar-refractivity contribution in [3.63, 3.8) is 0 Å². The fraction of sp³-hybridized carbons (Fsp3) is 0.353. The third-order valence-corrected chi connectivity index (χ3v) is 7.27. The van der Waals surface area contributed by atoms with E-state index in [-0.39, 0.29) is 5.78 Å². The first-order chi connectivity index (χ1) is 9.08. The maximum absolute atomic E-state index is 12.2. The Labute approximate surface area is 116 Å². The molecule has 2 aliphatic carbocycles. The molecule has 0 aliphatic heterocycles. The fourth-order valence-corrected chi connectivity index (χ4v) is 5.67. The van der Waals surface area contributed by atoms with Gasteiger partial charge in [-0.05, 0) is 30.9 Å². The summed E-state index contributed by atoms with van der Waals surface area (Å²) in [5, 5.41) is 1.40. The lowest BCUT2D eigenvalue weighted by Gasteiger charge is -2.21. The molecule has 98 valence electrons. The lowest BCUT2D eigenvalue weighted by molar-refractivity contribution is -0.111. The predicted octanol–water partition coefficient (Wildman–Crippen LogP) is 3.38. The molecule has 2 aliphatic rings. The first-order valence-corrected chi connectivity index (χ1v) is 10.2. The van der Waals surface area contributed by atoms with Crippen LogP contribution in [-0.2, 0) is 4.79 Å². The maximum Gasteiger partial charge on any atom is 0.181 e. The van der Waals surface area contributed by atoms with Crippen LogP contribution < -0.4 is 5.19 Å². The van der Waals surface area contributed by atoms with Gasteiger partial charge < -0.3 is 0 Å². The van der Waals surface area contributed by atoms with Crippen LogP contribution in [0.15, 0.2) is 53.3 Å². The summed E-state index contributed by atoms with van der Waals surface area (Å²) >= 11 is 0. The van der Waals surface area contributed by atoms with Gasteiger partial charge in [-0.2, -0.15) is 0 Å². The quantitative estimate of drug-likeness (QED) is 0.593. The summed E-state index contributed by atoms with van der Waals surface area (Å²) in [6.45, 7) is 4.66. The number of ketones is 1. The van der Waals surface area contributed by atoms with Crippen molar-refractivity contribution < 1.29 is 4.79 Å². The van der Waals surface area contributed by atoms with Crippen molar-refractivity contribution in [2.75, 3.05) is 0 Å². The Kier molecular flexibility index (Phi) is 3.06. The lowest BCUT2D eigenvalue weighted by atomic mass is 10.0. The van der Waals surface area contributed by atoms with Gasteiger partial charge in [-0.1, -0.05) is 59.9 Å². The molecule has 0 heterocycles. The van der Waals surface area contributed by atoms with E-state index in [9.17, 15) is 4.79 Å². The summed E-state index contributed by atoms with van der Waals surface area (Å²) in [6.07, 6.45) is 5.44. The molecule has 0 unspecified atom stereocenters. The van der Waals surface area contributed by atoms with E-state index in [1.54, 1.807) is 0 Å². The Hall–Kier alpha value is -1.41. The van der Waals surface area contributed by atoms with Crippen LogP contribution in [0.5, 0.6) is 0 Å². The Balaban J connectivity index is 1.96. The first-order valence-electron chi connectivity index (χ1n) is 7.11. The minimum absolute atomic E-state index is 0.274. The average molecular weight is 268 g/mol. The van der Waals surface area contributed by atoms with Crippen molar-refractivity contribution in [2.45, 2.75) is 32.4 Å². The highest BCUT2D eigenvalue weighted by Crippen LogP contribution is 2.41.